The van der Waals surface area contributed by atoms with Gasteiger partial charge in [-0.3, -0.25) is 0 Å². The van der Waals surface area contributed by atoms with Crippen LogP contribution in [-0.2, 0) is 35.5 Å². The minimum absolute atomic E-state index is 0.0611. The Morgan fingerprint density at radius 1 is 1.00 bits per heavy atom. The molecule has 1 aromatic carbocycles. The van der Waals surface area contributed by atoms with E-state index in [9.17, 15) is 0 Å². The number of hydrogen-bond donors (Lipinski definition) is 0. The summed E-state index contributed by atoms with van der Waals surface area (Å²) >= 11 is 1.50. The molecule has 0 saturated carbocycles. The number of benzene rings is 1. The van der Waals surface area contributed by atoms with Crippen LogP contribution >= 0.6 is 0 Å². The fourth-order valence-corrected chi connectivity index (χ4v) is 3.62. The van der Waals surface area contributed by atoms with E-state index in [1.54, 1.807) is 7.11 Å². The molecule has 0 bridgehead atoms. The first-order valence-corrected chi connectivity index (χ1v) is 9.13. The van der Waals surface area contributed by atoms with Gasteiger partial charge < -0.3 is 0 Å². The Balaban J connectivity index is 2.81. The summed E-state index contributed by atoms with van der Waals surface area (Å²) in [7, 11) is 1.80. The van der Waals surface area contributed by atoms with Crippen molar-refractivity contribution in [2.24, 2.45) is 0 Å². The zero-order valence-electron chi connectivity index (χ0n) is 14.9. The Hall–Kier alpha value is -0.617. The van der Waals surface area contributed by atoms with Gasteiger partial charge in [0.15, 0.2) is 0 Å². The first-order chi connectivity index (χ1) is 10.1. The van der Waals surface area contributed by atoms with Crippen LogP contribution in [-0.4, -0.2) is 7.11 Å². The molecule has 0 amide bonds. The average Bonchev–Trinajstić information content (AvgIpc) is 2.81. The van der Waals surface area contributed by atoms with E-state index < -0.39 is 0 Å². The molecule has 0 fully saturated rings. The van der Waals surface area contributed by atoms with Crippen molar-refractivity contribution in [2.75, 3.05) is 7.11 Å². The van der Waals surface area contributed by atoms with Gasteiger partial charge in [0.25, 0.3) is 0 Å². The van der Waals surface area contributed by atoms with Gasteiger partial charge in [-0.15, -0.1) is 0 Å². The van der Waals surface area contributed by atoms with Crippen LogP contribution in [0.5, 0.6) is 5.75 Å². The standard InChI is InChI=1S/C20H27O.Zr/c1-19(2,3)15-12-16(14-10-8-9-11-14)18(21-7)17(13-15)20(4,5)6;/h8,10,12-13H,9H2,1-7H3;. The maximum absolute atomic E-state index is 5.87. The molecule has 1 nitrogen and oxygen atoms in total. The van der Waals surface area contributed by atoms with Crippen molar-refractivity contribution < 1.29 is 29.5 Å². The predicted molar refractivity (Wildman–Crippen MR) is 91.1 cm³/mol. The van der Waals surface area contributed by atoms with Gasteiger partial charge in [0, 0.05) is 0 Å². The summed E-state index contributed by atoms with van der Waals surface area (Å²) in [5, 5.41) is 0. The fourth-order valence-electron chi connectivity index (χ4n) is 2.80. The minimum atomic E-state index is 0.0611. The normalized spacial score (nSPS) is 15.5. The monoisotopic (exact) mass is 373 g/mol. The van der Waals surface area contributed by atoms with Crippen LogP contribution in [0.2, 0.25) is 0 Å². The van der Waals surface area contributed by atoms with Crippen LogP contribution in [0, 0.1) is 0 Å². The van der Waals surface area contributed by atoms with Gasteiger partial charge in [0.2, 0.25) is 0 Å². The van der Waals surface area contributed by atoms with E-state index >= 15 is 0 Å². The summed E-state index contributed by atoms with van der Waals surface area (Å²) in [6.07, 6.45) is 5.61. The van der Waals surface area contributed by atoms with Gasteiger partial charge in [-0.05, 0) is 0 Å². The van der Waals surface area contributed by atoms with Crippen molar-refractivity contribution in [3.63, 3.8) is 0 Å². The quantitative estimate of drug-likeness (QED) is 0.663. The summed E-state index contributed by atoms with van der Waals surface area (Å²) in [5.74, 6) is 1.04. The van der Waals surface area contributed by atoms with Gasteiger partial charge >= 0.3 is 151 Å². The zero-order chi connectivity index (χ0) is 16.7. The van der Waals surface area contributed by atoms with Crippen LogP contribution in [0.15, 0.2) is 27.6 Å². The van der Waals surface area contributed by atoms with Crippen molar-refractivity contribution >= 4 is 5.57 Å². The summed E-state index contributed by atoms with van der Waals surface area (Å²) < 4.78 is 7.38. The summed E-state index contributed by atoms with van der Waals surface area (Å²) in [5.41, 5.74) is 5.50. The first-order valence-electron chi connectivity index (χ1n) is 7.90. The molecule has 1 aliphatic carbocycles. The van der Waals surface area contributed by atoms with Gasteiger partial charge in [-0.2, -0.15) is 0 Å². The Kier molecular flexibility index (Phi) is 4.93. The number of methoxy groups -OCH3 is 1. The molecule has 2 heteroatoms. The summed E-state index contributed by atoms with van der Waals surface area (Å²) in [4.78, 5) is 0. The second-order valence-electron chi connectivity index (χ2n) is 8.10. The van der Waals surface area contributed by atoms with Crippen molar-refractivity contribution in [2.45, 2.75) is 58.8 Å². The molecule has 117 valence electrons. The second kappa shape index (κ2) is 6.12. The molecule has 22 heavy (non-hydrogen) atoms. The van der Waals surface area contributed by atoms with Crippen molar-refractivity contribution in [1.29, 1.82) is 0 Å². The van der Waals surface area contributed by atoms with Crippen LogP contribution in [0.4, 0.5) is 0 Å². The molecule has 0 saturated heterocycles. The Bertz CT molecular complexity index is 637. The number of rotatable bonds is 2. The van der Waals surface area contributed by atoms with Crippen LogP contribution < -0.4 is 4.74 Å². The Morgan fingerprint density at radius 3 is 2.05 bits per heavy atom. The van der Waals surface area contributed by atoms with Crippen molar-refractivity contribution in [3.05, 3.63) is 44.3 Å². The molecule has 1 aliphatic rings. The van der Waals surface area contributed by atoms with E-state index in [1.165, 1.54) is 50.3 Å². The van der Waals surface area contributed by atoms with Gasteiger partial charge in [0.1, 0.15) is 0 Å². The molecule has 0 atom stereocenters. The number of ether oxygens (including phenoxy) is 1. The van der Waals surface area contributed by atoms with E-state index in [1.807, 2.05) is 0 Å². The second-order valence-corrected chi connectivity index (χ2v) is 9.59. The van der Waals surface area contributed by atoms with Gasteiger partial charge in [-0.1, -0.05) is 0 Å². The average molecular weight is 375 g/mol. The van der Waals surface area contributed by atoms with E-state index in [0.29, 0.717) is 0 Å². The third-order valence-corrected chi connectivity index (χ3v) is 5.35. The molecular weight excluding hydrogens is 347 g/mol. The molecule has 0 unspecified atom stereocenters. The molecule has 1 aromatic rings. The fraction of sp³-hybridized carbons (Fsp3) is 0.500. The van der Waals surface area contributed by atoms with Crippen molar-refractivity contribution in [1.82, 2.24) is 0 Å². The third-order valence-electron chi connectivity index (χ3n) is 4.19. The number of hydrogen-bond acceptors (Lipinski definition) is 1. The van der Waals surface area contributed by atoms with Crippen LogP contribution in [0.1, 0.15) is 64.7 Å². The predicted octanol–water partition coefficient (Wildman–Crippen LogP) is 5.51. The van der Waals surface area contributed by atoms with E-state index in [4.69, 9.17) is 4.74 Å². The number of allylic oxidation sites excluding steroid dienone is 4. The van der Waals surface area contributed by atoms with Crippen molar-refractivity contribution in [3.8, 4) is 5.75 Å². The van der Waals surface area contributed by atoms with Gasteiger partial charge in [-0.25, -0.2) is 0 Å². The maximum atomic E-state index is 5.87. The molecule has 0 aromatic heterocycles. The van der Waals surface area contributed by atoms with Gasteiger partial charge in [0.05, 0.1) is 0 Å². The van der Waals surface area contributed by atoms with E-state index in [0.717, 1.165) is 12.2 Å². The molecule has 0 heterocycles. The zero-order valence-corrected chi connectivity index (χ0v) is 17.4. The van der Waals surface area contributed by atoms with Crippen LogP contribution in [0.25, 0.3) is 5.57 Å². The summed E-state index contributed by atoms with van der Waals surface area (Å²) in [6.45, 7) is 13.6. The third kappa shape index (κ3) is 3.48. The molecule has 2 rings (SSSR count). The molecule has 0 radical (unpaired) electrons. The van der Waals surface area contributed by atoms with E-state index in [2.05, 4.69) is 65.8 Å². The topological polar surface area (TPSA) is 9.23 Å². The van der Waals surface area contributed by atoms with Crippen LogP contribution in [0.3, 0.4) is 0 Å². The summed E-state index contributed by atoms with van der Waals surface area (Å²) in [6, 6.07) is 4.67. The molecular formula is C20H27OZr. The SMILES string of the molecule is COc1c(C2=[C]([Zr])CC=C2)cc(C(C)(C)C)cc1C(C)(C)C. The molecule has 0 spiro atoms. The Morgan fingerprint density at radius 2 is 1.64 bits per heavy atom. The Labute approximate surface area is 150 Å². The van der Waals surface area contributed by atoms with E-state index in [-0.39, 0.29) is 10.8 Å². The molecule has 0 aliphatic heterocycles. The molecule has 0 N–H and O–H groups in total. The first kappa shape index (κ1) is 17.7.